The van der Waals surface area contributed by atoms with Crippen molar-refractivity contribution in [3.05, 3.63) is 35.9 Å². The highest BCUT2D eigenvalue weighted by Crippen LogP contribution is 1.93. The molecule has 80 valence electrons. The van der Waals surface area contributed by atoms with Gasteiger partial charge >= 0.3 is 0 Å². The van der Waals surface area contributed by atoms with Gasteiger partial charge in [-0.2, -0.15) is 5.10 Å². The quantitative estimate of drug-likeness (QED) is 0.446. The van der Waals surface area contributed by atoms with Crippen molar-refractivity contribution >= 4 is 12.2 Å². The van der Waals surface area contributed by atoms with E-state index in [0.29, 0.717) is 0 Å². The number of rotatable bonds is 2. The van der Waals surface area contributed by atoms with E-state index in [1.54, 1.807) is 13.3 Å². The van der Waals surface area contributed by atoms with Gasteiger partial charge in [0.2, 0.25) is 5.96 Å². The lowest BCUT2D eigenvalue weighted by molar-refractivity contribution is 0.589. The normalized spacial score (nSPS) is 11.8. The maximum Gasteiger partial charge on any atom is 0.213 e. The molecule has 0 saturated heterocycles. The smallest absolute Gasteiger partial charge is 0.213 e. The average molecular weight is 204 g/mol. The second-order valence-corrected chi connectivity index (χ2v) is 3.22. The van der Waals surface area contributed by atoms with Crippen LogP contribution in [0.5, 0.6) is 0 Å². The molecule has 0 aromatic heterocycles. The third-order valence-electron chi connectivity index (χ3n) is 1.81. The Labute approximate surface area is 90.3 Å². The molecular formula is C11H16N4. The molecule has 15 heavy (non-hydrogen) atoms. The van der Waals surface area contributed by atoms with E-state index < -0.39 is 0 Å². The molecule has 1 aromatic rings. The second-order valence-electron chi connectivity index (χ2n) is 3.22. The van der Waals surface area contributed by atoms with Gasteiger partial charge < -0.3 is 4.90 Å². The molecule has 0 radical (unpaired) electrons. The van der Waals surface area contributed by atoms with E-state index in [1.807, 2.05) is 49.3 Å². The van der Waals surface area contributed by atoms with Gasteiger partial charge in [-0.25, -0.2) is 5.43 Å². The van der Waals surface area contributed by atoms with E-state index in [4.69, 9.17) is 0 Å². The zero-order valence-electron chi connectivity index (χ0n) is 9.31. The maximum absolute atomic E-state index is 4.09. The molecule has 1 aromatic carbocycles. The summed E-state index contributed by atoms with van der Waals surface area (Å²) < 4.78 is 0. The monoisotopic (exact) mass is 204 g/mol. The summed E-state index contributed by atoms with van der Waals surface area (Å²) in [6.07, 6.45) is 1.76. The summed E-state index contributed by atoms with van der Waals surface area (Å²) in [5, 5.41) is 4.09. The van der Waals surface area contributed by atoms with E-state index >= 15 is 0 Å². The summed E-state index contributed by atoms with van der Waals surface area (Å²) >= 11 is 0. The van der Waals surface area contributed by atoms with Crippen LogP contribution in [0.2, 0.25) is 0 Å². The molecule has 4 nitrogen and oxygen atoms in total. The first kappa shape index (κ1) is 11.2. The number of nitrogens with one attached hydrogen (secondary N) is 1. The topological polar surface area (TPSA) is 40.0 Å². The Hall–Kier alpha value is -1.84. The predicted octanol–water partition coefficient (Wildman–Crippen LogP) is 1.16. The van der Waals surface area contributed by atoms with Crippen molar-refractivity contribution in [2.75, 3.05) is 21.1 Å². The lowest BCUT2D eigenvalue weighted by Gasteiger charge is -2.13. The van der Waals surface area contributed by atoms with E-state index in [2.05, 4.69) is 15.5 Å². The zero-order chi connectivity index (χ0) is 11.1. The largest absolute Gasteiger partial charge is 0.348 e. The van der Waals surface area contributed by atoms with Crippen LogP contribution < -0.4 is 5.43 Å². The highest BCUT2D eigenvalue weighted by Gasteiger charge is 1.95. The molecule has 0 amide bonds. The van der Waals surface area contributed by atoms with Gasteiger partial charge in [0.25, 0.3) is 0 Å². The number of hydrazone groups is 1. The molecule has 0 spiro atoms. The number of aliphatic imine (C=N–C) groups is 1. The van der Waals surface area contributed by atoms with Crippen molar-refractivity contribution < 1.29 is 0 Å². The van der Waals surface area contributed by atoms with Gasteiger partial charge in [-0.3, -0.25) is 4.99 Å². The second kappa shape index (κ2) is 5.80. The Bertz CT molecular complexity index is 341. The Morgan fingerprint density at radius 3 is 2.47 bits per heavy atom. The van der Waals surface area contributed by atoms with Crippen molar-refractivity contribution in [1.82, 2.24) is 10.3 Å². The van der Waals surface area contributed by atoms with Crippen molar-refractivity contribution in [3.63, 3.8) is 0 Å². The fraction of sp³-hybridized carbons (Fsp3) is 0.273. The Balaban J connectivity index is 2.54. The molecular weight excluding hydrogens is 188 g/mol. The molecule has 0 bridgehead atoms. The van der Waals surface area contributed by atoms with Gasteiger partial charge in [0.05, 0.1) is 6.21 Å². The highest BCUT2D eigenvalue weighted by atomic mass is 15.4. The molecule has 0 aliphatic heterocycles. The Kier molecular flexibility index (Phi) is 4.34. The number of hydrogen-bond donors (Lipinski definition) is 1. The summed E-state index contributed by atoms with van der Waals surface area (Å²) in [5.74, 6) is 0.724. The molecule has 0 atom stereocenters. The third kappa shape index (κ3) is 3.81. The van der Waals surface area contributed by atoms with E-state index in [1.165, 1.54) is 0 Å². The van der Waals surface area contributed by atoms with Crippen molar-refractivity contribution in [2.24, 2.45) is 10.1 Å². The van der Waals surface area contributed by atoms with Crippen LogP contribution in [0.3, 0.4) is 0 Å². The summed E-state index contributed by atoms with van der Waals surface area (Å²) in [6.45, 7) is 0. The standard InChI is InChI=1S/C11H16N4/c1-12-11(15(2)3)14-13-9-10-7-5-4-6-8-10/h4-9H,1-3H3,(H,12,14)/b13-9+. The van der Waals surface area contributed by atoms with Crippen LogP contribution in [-0.2, 0) is 0 Å². The fourth-order valence-electron chi connectivity index (χ4n) is 1.05. The molecule has 1 N–H and O–H groups in total. The Morgan fingerprint density at radius 1 is 1.27 bits per heavy atom. The predicted molar refractivity (Wildman–Crippen MR) is 64.2 cm³/mol. The van der Waals surface area contributed by atoms with Crippen LogP contribution in [0, 0.1) is 0 Å². The highest BCUT2D eigenvalue weighted by molar-refractivity contribution is 5.83. The van der Waals surface area contributed by atoms with Crippen LogP contribution in [0.15, 0.2) is 40.4 Å². The van der Waals surface area contributed by atoms with Gasteiger partial charge in [0, 0.05) is 21.1 Å². The number of hydrogen-bond acceptors (Lipinski definition) is 2. The zero-order valence-corrected chi connectivity index (χ0v) is 9.31. The number of guanidine groups is 1. The first-order valence-corrected chi connectivity index (χ1v) is 4.72. The number of benzene rings is 1. The minimum Gasteiger partial charge on any atom is -0.348 e. The minimum atomic E-state index is 0.724. The van der Waals surface area contributed by atoms with Crippen LogP contribution in [0.1, 0.15) is 5.56 Å². The van der Waals surface area contributed by atoms with E-state index in [9.17, 15) is 0 Å². The summed E-state index contributed by atoms with van der Waals surface area (Å²) in [6, 6.07) is 9.90. The third-order valence-corrected chi connectivity index (χ3v) is 1.81. The lowest BCUT2D eigenvalue weighted by atomic mass is 10.2. The maximum atomic E-state index is 4.09. The summed E-state index contributed by atoms with van der Waals surface area (Å²) in [5.41, 5.74) is 3.92. The van der Waals surface area contributed by atoms with E-state index in [0.717, 1.165) is 11.5 Å². The molecule has 0 aliphatic carbocycles. The van der Waals surface area contributed by atoms with E-state index in [-0.39, 0.29) is 0 Å². The van der Waals surface area contributed by atoms with Gasteiger partial charge in [-0.15, -0.1) is 0 Å². The summed E-state index contributed by atoms with van der Waals surface area (Å²) in [7, 11) is 5.54. The lowest BCUT2D eigenvalue weighted by Crippen LogP contribution is -2.33. The first-order valence-electron chi connectivity index (χ1n) is 4.72. The molecule has 1 rings (SSSR count). The first-order chi connectivity index (χ1) is 7.24. The molecule has 4 heteroatoms. The number of nitrogens with zero attached hydrogens (tertiary/aromatic N) is 3. The molecule has 0 heterocycles. The van der Waals surface area contributed by atoms with Crippen molar-refractivity contribution in [3.8, 4) is 0 Å². The van der Waals surface area contributed by atoms with Gasteiger partial charge in [0.15, 0.2) is 0 Å². The SMILES string of the molecule is CN=C(N/N=C/c1ccccc1)N(C)C. The van der Waals surface area contributed by atoms with Crippen LogP contribution in [0.4, 0.5) is 0 Å². The average Bonchev–Trinajstić information content (AvgIpc) is 2.25. The fourth-order valence-corrected chi connectivity index (χ4v) is 1.05. The van der Waals surface area contributed by atoms with Crippen molar-refractivity contribution in [2.45, 2.75) is 0 Å². The van der Waals surface area contributed by atoms with Crippen LogP contribution >= 0.6 is 0 Å². The molecule has 0 fully saturated rings. The molecule has 0 aliphatic rings. The summed E-state index contributed by atoms with van der Waals surface area (Å²) in [4.78, 5) is 5.90. The van der Waals surface area contributed by atoms with Gasteiger partial charge in [-0.05, 0) is 5.56 Å². The van der Waals surface area contributed by atoms with Crippen molar-refractivity contribution in [1.29, 1.82) is 0 Å². The molecule has 0 saturated carbocycles. The molecule has 0 unspecified atom stereocenters. The van der Waals surface area contributed by atoms with Crippen LogP contribution in [-0.4, -0.2) is 38.2 Å². The van der Waals surface area contributed by atoms with Crippen LogP contribution in [0.25, 0.3) is 0 Å². The minimum absolute atomic E-state index is 0.724. The van der Waals surface area contributed by atoms with Gasteiger partial charge in [0.1, 0.15) is 0 Å². The van der Waals surface area contributed by atoms with Gasteiger partial charge in [-0.1, -0.05) is 30.3 Å². The Morgan fingerprint density at radius 2 is 1.93 bits per heavy atom.